The molecular formula is H3BBr3F3. The largest absolute Gasteiger partial charge is 0.369 e. The van der Waals surface area contributed by atoms with E-state index in [1.165, 1.54) is 0 Å². The summed E-state index contributed by atoms with van der Waals surface area (Å²) in [6, 6.07) is 0. The van der Waals surface area contributed by atoms with Crippen LogP contribution in [0.25, 0.3) is 0 Å². The van der Waals surface area contributed by atoms with Gasteiger partial charge in [-0.25, -0.2) is 0 Å². The monoisotopic (exact) mass is 308 g/mol. The quantitative estimate of drug-likeness (QED) is 0.603. The first-order valence-electron chi connectivity index (χ1n) is 0.655. The first-order valence-corrected chi connectivity index (χ1v) is 3.40. The van der Waals surface area contributed by atoms with Gasteiger partial charge in [-0.15, -0.1) is 47.3 Å². The minimum absolute atomic E-state index is 0. The van der Waals surface area contributed by atoms with Gasteiger partial charge in [-0.2, -0.15) is 0 Å². The lowest BCUT2D eigenvalue weighted by atomic mass is 10.8. The van der Waals surface area contributed by atoms with Crippen molar-refractivity contribution >= 4 is 50.5 Å². The van der Waals surface area contributed by atoms with Crippen LogP contribution in [0.3, 0.4) is 0 Å². The van der Waals surface area contributed by atoms with E-state index in [9.17, 15) is 0 Å². The zero-order valence-corrected chi connectivity index (χ0v) is 7.69. The van der Waals surface area contributed by atoms with E-state index in [0.717, 1.165) is 0 Å². The number of hydrogen-bond donors (Lipinski definition) is 0. The summed E-state index contributed by atoms with van der Waals surface area (Å²) in [4.78, 5) is 0. The third kappa shape index (κ3) is 122. The fraction of sp³-hybridized carbons (Fsp3) is 0. The molecule has 0 N–H and O–H groups in total. The van der Waals surface area contributed by atoms with E-state index < -0.39 is 0 Å². The van der Waals surface area contributed by atoms with Crippen molar-refractivity contribution in [1.82, 2.24) is 0 Å². The van der Waals surface area contributed by atoms with Crippen LogP contribution in [0.15, 0.2) is 0 Å². The van der Waals surface area contributed by atoms with Gasteiger partial charge in [0.15, 0.2) is 0 Å². The van der Waals surface area contributed by atoms with Crippen LogP contribution in [0.5, 0.6) is 0 Å². The van der Waals surface area contributed by atoms with Gasteiger partial charge in [0.2, 0.25) is 0 Å². The molecule has 0 bridgehead atoms. The van der Waals surface area contributed by atoms with Crippen molar-refractivity contribution in [2.24, 2.45) is 0 Å². The second kappa shape index (κ2) is 15.7. The van der Waals surface area contributed by atoms with Crippen molar-refractivity contribution in [3.05, 3.63) is 0 Å². The standard InChI is InChI=1S/BBr3.3FH/c2-1(3)4;;;/h;3*1H. The number of rotatable bonds is 0. The zero-order chi connectivity index (χ0) is 3.58. The van der Waals surface area contributed by atoms with Gasteiger partial charge in [0.05, 0.1) is 0 Å². The van der Waals surface area contributed by atoms with Gasteiger partial charge in [-0.3, -0.25) is 14.1 Å². The molecule has 48 valence electrons. The molecule has 7 heavy (non-hydrogen) atoms. The minimum Gasteiger partial charge on any atom is -0.269 e. The predicted molar refractivity (Wildman–Crippen MR) is 40.0 cm³/mol. The summed E-state index contributed by atoms with van der Waals surface area (Å²) >= 11 is 9.31. The molecule has 0 amide bonds. The van der Waals surface area contributed by atoms with Crippen LogP contribution in [-0.2, 0) is 0 Å². The molecule has 0 spiro atoms. The normalized spacial score (nSPS) is 3.86. The SMILES string of the molecule is BrB(Br)Br.F.F.F. The zero-order valence-electron chi connectivity index (χ0n) is 2.94. The topological polar surface area (TPSA) is 0 Å². The molecule has 7 heteroatoms. The smallest absolute Gasteiger partial charge is 0.269 e. The molecule has 0 saturated heterocycles. The van der Waals surface area contributed by atoms with Gasteiger partial charge >= 0.3 is 3.18 Å². The van der Waals surface area contributed by atoms with E-state index in [2.05, 4.69) is 47.3 Å². The average molecular weight is 311 g/mol. The van der Waals surface area contributed by atoms with Crippen LogP contribution in [0, 0.1) is 0 Å². The number of halogens is 6. The van der Waals surface area contributed by atoms with Crippen molar-refractivity contribution in [3.63, 3.8) is 0 Å². The Labute approximate surface area is 64.5 Å². The summed E-state index contributed by atoms with van der Waals surface area (Å²) < 4.78 is 0.271. The maximum absolute atomic E-state index is 3.10. The Morgan fingerprint density at radius 2 is 0.714 bits per heavy atom. The molecule has 0 aromatic rings. The lowest BCUT2D eigenvalue weighted by molar-refractivity contribution is 1.11. The molecule has 0 radical (unpaired) electrons. The molecule has 0 saturated carbocycles. The highest BCUT2D eigenvalue weighted by Crippen LogP contribution is 2.07. The van der Waals surface area contributed by atoms with Gasteiger partial charge < -0.3 is 0 Å². The van der Waals surface area contributed by atoms with Crippen LogP contribution < -0.4 is 0 Å². The van der Waals surface area contributed by atoms with Crippen molar-refractivity contribution in [1.29, 1.82) is 0 Å². The molecule has 0 aliphatic rings. The van der Waals surface area contributed by atoms with E-state index in [4.69, 9.17) is 0 Å². The van der Waals surface area contributed by atoms with Crippen LogP contribution in [0.4, 0.5) is 14.1 Å². The number of hydrogen-bond acceptors (Lipinski definition) is 0. The molecule has 0 aliphatic carbocycles. The molecule has 0 atom stereocenters. The van der Waals surface area contributed by atoms with Crippen LogP contribution >= 0.6 is 47.3 Å². The molecule has 0 heterocycles. The van der Waals surface area contributed by atoms with Gasteiger partial charge in [0.1, 0.15) is 0 Å². The van der Waals surface area contributed by atoms with E-state index in [1.54, 1.807) is 0 Å². The Balaban J connectivity index is -0.0000000150. The third-order valence-corrected chi connectivity index (χ3v) is 0. The highest BCUT2D eigenvalue weighted by atomic mass is 79.9. The molecule has 0 nitrogen and oxygen atoms in total. The maximum atomic E-state index is 3.10. The molecule has 0 aromatic carbocycles. The predicted octanol–water partition coefficient (Wildman–Crippen LogP) is 2.61. The van der Waals surface area contributed by atoms with Gasteiger partial charge in [0, 0.05) is 0 Å². The summed E-state index contributed by atoms with van der Waals surface area (Å²) in [5.41, 5.74) is 0. The van der Waals surface area contributed by atoms with Crippen LogP contribution in [0.2, 0.25) is 0 Å². The summed E-state index contributed by atoms with van der Waals surface area (Å²) in [6.07, 6.45) is 0. The summed E-state index contributed by atoms with van der Waals surface area (Å²) in [5.74, 6) is 0. The van der Waals surface area contributed by atoms with E-state index in [0.29, 0.717) is 0 Å². The van der Waals surface area contributed by atoms with Crippen molar-refractivity contribution in [2.45, 2.75) is 0 Å². The average Bonchev–Trinajstić information content (AvgIpc) is 0.811. The van der Waals surface area contributed by atoms with Crippen LogP contribution in [0.1, 0.15) is 0 Å². The fourth-order valence-electron chi connectivity index (χ4n) is 0. The Morgan fingerprint density at radius 3 is 0.714 bits per heavy atom. The van der Waals surface area contributed by atoms with Gasteiger partial charge in [0.25, 0.3) is 0 Å². The minimum atomic E-state index is 0. The Bertz CT molecular complexity index is 14.9. The molecule has 0 aromatic heterocycles. The van der Waals surface area contributed by atoms with Crippen LogP contribution in [-0.4, -0.2) is 3.18 Å². The molecular weight excluding hydrogens is 308 g/mol. The molecule has 0 unspecified atom stereocenters. The van der Waals surface area contributed by atoms with Crippen molar-refractivity contribution in [2.75, 3.05) is 0 Å². The lowest BCUT2D eigenvalue weighted by Crippen LogP contribution is -1.60. The van der Waals surface area contributed by atoms with Crippen molar-refractivity contribution in [3.8, 4) is 0 Å². The summed E-state index contributed by atoms with van der Waals surface area (Å²) in [5, 5.41) is 0. The van der Waals surface area contributed by atoms with E-state index in [-0.39, 0.29) is 17.3 Å². The molecule has 0 fully saturated rings. The summed E-state index contributed by atoms with van der Waals surface area (Å²) in [7, 11) is 0. The van der Waals surface area contributed by atoms with Gasteiger partial charge in [-0.05, 0) is 0 Å². The Morgan fingerprint density at radius 1 is 0.714 bits per heavy atom. The first kappa shape index (κ1) is 23.9. The second-order valence-corrected chi connectivity index (χ2v) is 6.68. The maximum Gasteiger partial charge on any atom is 0.369 e. The Kier molecular flexibility index (Phi) is 53.6. The Hall–Kier alpha value is 1.29. The van der Waals surface area contributed by atoms with Crippen molar-refractivity contribution < 1.29 is 14.1 Å². The molecule has 0 rings (SSSR count). The first-order chi connectivity index (χ1) is 1.73. The van der Waals surface area contributed by atoms with E-state index in [1.807, 2.05) is 0 Å². The van der Waals surface area contributed by atoms with Gasteiger partial charge in [-0.1, -0.05) is 0 Å². The fourth-order valence-corrected chi connectivity index (χ4v) is 0. The summed E-state index contributed by atoms with van der Waals surface area (Å²) in [6.45, 7) is 0. The highest BCUT2D eigenvalue weighted by molar-refractivity contribution is 9.69. The van der Waals surface area contributed by atoms with E-state index >= 15 is 0 Å². The lowest BCUT2D eigenvalue weighted by Gasteiger charge is -1.63. The highest BCUT2D eigenvalue weighted by Gasteiger charge is 1.87. The molecule has 0 aliphatic heterocycles. The third-order valence-electron chi connectivity index (χ3n) is 0. The second-order valence-electron chi connectivity index (χ2n) is 0.247.